The highest BCUT2D eigenvalue weighted by molar-refractivity contribution is 7.11. The maximum absolute atomic E-state index is 12.7. The lowest BCUT2D eigenvalue weighted by molar-refractivity contribution is -0.137. The van der Waals surface area contributed by atoms with Crippen LogP contribution in [0.3, 0.4) is 0 Å². The first-order valence-corrected chi connectivity index (χ1v) is 7.41. The predicted octanol–water partition coefficient (Wildman–Crippen LogP) is 3.29. The summed E-state index contributed by atoms with van der Waals surface area (Å²) < 4.78 is 39.9. The normalized spacial score (nSPS) is 13.6. The molecule has 0 fully saturated rings. The molecule has 0 aliphatic carbocycles. The molecule has 2 rings (SSSR count). The van der Waals surface area contributed by atoms with Crippen molar-refractivity contribution in [3.05, 3.63) is 33.5 Å². The molecule has 8 heteroatoms. The average Bonchev–Trinajstić information content (AvgIpc) is 3.01. The van der Waals surface area contributed by atoms with Crippen molar-refractivity contribution in [2.75, 3.05) is 6.54 Å². The molecule has 1 atom stereocenters. The van der Waals surface area contributed by atoms with Gasteiger partial charge in [-0.15, -0.1) is 11.3 Å². The first-order chi connectivity index (χ1) is 9.84. The number of thiazole rings is 1. The molecule has 2 aromatic heterocycles. The van der Waals surface area contributed by atoms with E-state index in [2.05, 4.69) is 15.4 Å². The summed E-state index contributed by atoms with van der Waals surface area (Å²) in [6, 6.07) is -0.313. The monoisotopic (exact) mass is 318 g/mol. The zero-order chi connectivity index (χ0) is 15.6. The van der Waals surface area contributed by atoms with Gasteiger partial charge in [0, 0.05) is 29.4 Å². The first-order valence-electron chi connectivity index (χ1n) is 6.59. The van der Waals surface area contributed by atoms with Gasteiger partial charge in [-0.1, -0.05) is 6.92 Å². The van der Waals surface area contributed by atoms with Crippen molar-refractivity contribution in [1.29, 1.82) is 0 Å². The summed E-state index contributed by atoms with van der Waals surface area (Å²) >= 11 is 0.676. The molecule has 4 nitrogen and oxygen atoms in total. The lowest BCUT2D eigenvalue weighted by atomic mass is 10.1. The van der Waals surface area contributed by atoms with E-state index in [0.717, 1.165) is 17.7 Å². The van der Waals surface area contributed by atoms with Gasteiger partial charge in [0.1, 0.15) is 0 Å². The van der Waals surface area contributed by atoms with E-state index in [-0.39, 0.29) is 6.04 Å². The van der Waals surface area contributed by atoms with Crippen molar-refractivity contribution in [2.24, 2.45) is 7.05 Å². The highest BCUT2D eigenvalue weighted by Crippen LogP contribution is 2.36. The summed E-state index contributed by atoms with van der Waals surface area (Å²) in [6.45, 7) is 4.61. The van der Waals surface area contributed by atoms with E-state index < -0.39 is 11.2 Å². The molecule has 1 unspecified atom stereocenters. The summed E-state index contributed by atoms with van der Waals surface area (Å²) in [5.74, 6) is 0. The van der Waals surface area contributed by atoms with Gasteiger partial charge in [0.05, 0.1) is 12.2 Å². The maximum atomic E-state index is 12.7. The molecule has 21 heavy (non-hydrogen) atoms. The second-order valence-electron chi connectivity index (χ2n) is 4.76. The van der Waals surface area contributed by atoms with E-state index in [1.165, 1.54) is 6.20 Å². The maximum Gasteiger partial charge on any atom is 0.443 e. The second-order valence-corrected chi connectivity index (χ2v) is 5.82. The van der Waals surface area contributed by atoms with Gasteiger partial charge in [-0.2, -0.15) is 18.3 Å². The van der Waals surface area contributed by atoms with E-state index in [4.69, 9.17) is 0 Å². The van der Waals surface area contributed by atoms with Gasteiger partial charge in [-0.3, -0.25) is 4.68 Å². The number of hydrogen-bond donors (Lipinski definition) is 1. The molecule has 1 N–H and O–H groups in total. The van der Waals surface area contributed by atoms with Crippen LogP contribution in [0.4, 0.5) is 13.2 Å². The summed E-state index contributed by atoms with van der Waals surface area (Å²) in [6.07, 6.45) is -0.522. The number of nitrogens with one attached hydrogen (secondary N) is 1. The zero-order valence-electron chi connectivity index (χ0n) is 12.0. The van der Waals surface area contributed by atoms with Crippen molar-refractivity contribution >= 4 is 11.3 Å². The standard InChI is InChI=1S/C13H17F3N4S/c1-4-5-17-11(9-6-19-20(3)8(9)2)10-7-18-12(21-10)13(14,15)16/h6-7,11,17H,4-5H2,1-3H3. The predicted molar refractivity (Wildman–Crippen MR) is 75.2 cm³/mol. The fourth-order valence-electron chi connectivity index (χ4n) is 2.00. The fourth-order valence-corrected chi connectivity index (χ4v) is 2.88. The summed E-state index contributed by atoms with van der Waals surface area (Å²) in [7, 11) is 1.81. The summed E-state index contributed by atoms with van der Waals surface area (Å²) in [5, 5.41) is 6.62. The van der Waals surface area contributed by atoms with Gasteiger partial charge >= 0.3 is 6.18 Å². The van der Waals surface area contributed by atoms with Crippen LogP contribution in [0.5, 0.6) is 0 Å². The van der Waals surface area contributed by atoms with Crippen molar-refractivity contribution in [2.45, 2.75) is 32.5 Å². The fraction of sp³-hybridized carbons (Fsp3) is 0.538. The first kappa shape index (κ1) is 16.0. The number of aryl methyl sites for hydroxylation is 1. The van der Waals surface area contributed by atoms with Crippen LogP contribution in [0.2, 0.25) is 0 Å². The Kier molecular flexibility index (Phi) is 4.67. The number of halogens is 3. The van der Waals surface area contributed by atoms with Crippen LogP contribution in [0.1, 0.15) is 40.5 Å². The molecule has 0 aliphatic heterocycles. The lowest BCUT2D eigenvalue weighted by Gasteiger charge is -2.16. The molecule has 0 aromatic carbocycles. The lowest BCUT2D eigenvalue weighted by Crippen LogP contribution is -2.22. The van der Waals surface area contributed by atoms with Gasteiger partial charge in [0.25, 0.3) is 0 Å². The molecule has 116 valence electrons. The molecule has 2 heterocycles. The Morgan fingerprint density at radius 2 is 2.10 bits per heavy atom. The Hall–Kier alpha value is -1.41. The van der Waals surface area contributed by atoms with Crippen LogP contribution in [0.15, 0.2) is 12.4 Å². The second kappa shape index (κ2) is 6.15. The molecule has 0 amide bonds. The minimum Gasteiger partial charge on any atom is -0.305 e. The van der Waals surface area contributed by atoms with Gasteiger partial charge in [-0.25, -0.2) is 4.98 Å². The van der Waals surface area contributed by atoms with Crippen molar-refractivity contribution in [3.8, 4) is 0 Å². The van der Waals surface area contributed by atoms with Gasteiger partial charge in [-0.05, 0) is 19.9 Å². The molecular weight excluding hydrogens is 301 g/mol. The van der Waals surface area contributed by atoms with Crippen LogP contribution in [-0.4, -0.2) is 21.3 Å². The Labute approximate surface area is 125 Å². The average molecular weight is 318 g/mol. The SMILES string of the molecule is CCCNC(c1cnc(C(F)(F)F)s1)c1cnn(C)c1C. The minimum atomic E-state index is -4.40. The third-order valence-electron chi connectivity index (χ3n) is 3.23. The number of hydrogen-bond acceptors (Lipinski definition) is 4. The Morgan fingerprint density at radius 1 is 1.38 bits per heavy atom. The van der Waals surface area contributed by atoms with Crippen molar-refractivity contribution in [3.63, 3.8) is 0 Å². The summed E-state index contributed by atoms with van der Waals surface area (Å²) in [4.78, 5) is 4.05. The minimum absolute atomic E-state index is 0.313. The largest absolute Gasteiger partial charge is 0.443 e. The third-order valence-corrected chi connectivity index (χ3v) is 4.34. The summed E-state index contributed by atoms with van der Waals surface area (Å²) in [5.41, 5.74) is 1.80. The van der Waals surface area contributed by atoms with Crippen LogP contribution in [0, 0.1) is 6.92 Å². The van der Waals surface area contributed by atoms with E-state index in [9.17, 15) is 13.2 Å². The molecule has 0 radical (unpaired) electrons. The van der Waals surface area contributed by atoms with E-state index in [1.807, 2.05) is 20.9 Å². The highest BCUT2D eigenvalue weighted by Gasteiger charge is 2.35. The van der Waals surface area contributed by atoms with Crippen molar-refractivity contribution in [1.82, 2.24) is 20.1 Å². The molecule has 0 saturated carbocycles. The van der Waals surface area contributed by atoms with Crippen LogP contribution < -0.4 is 5.32 Å². The number of nitrogens with zero attached hydrogens (tertiary/aromatic N) is 3. The molecule has 2 aromatic rings. The van der Waals surface area contributed by atoms with Crippen LogP contribution in [0.25, 0.3) is 0 Å². The van der Waals surface area contributed by atoms with Gasteiger partial charge in [0.15, 0.2) is 5.01 Å². The molecule has 0 spiro atoms. The number of alkyl halides is 3. The highest BCUT2D eigenvalue weighted by atomic mass is 32.1. The Bertz CT molecular complexity index is 603. The quantitative estimate of drug-likeness (QED) is 0.920. The van der Waals surface area contributed by atoms with Crippen molar-refractivity contribution < 1.29 is 13.2 Å². The van der Waals surface area contributed by atoms with E-state index in [1.54, 1.807) is 10.9 Å². The number of aromatic nitrogens is 3. The Morgan fingerprint density at radius 3 is 2.57 bits per heavy atom. The van der Waals surface area contributed by atoms with Crippen LogP contribution >= 0.6 is 11.3 Å². The Balaban J connectivity index is 2.36. The smallest absolute Gasteiger partial charge is 0.305 e. The van der Waals surface area contributed by atoms with Gasteiger partial charge < -0.3 is 5.32 Å². The van der Waals surface area contributed by atoms with Gasteiger partial charge in [0.2, 0.25) is 0 Å². The zero-order valence-corrected chi connectivity index (χ0v) is 12.8. The van der Waals surface area contributed by atoms with E-state index in [0.29, 0.717) is 22.8 Å². The van der Waals surface area contributed by atoms with E-state index >= 15 is 0 Å². The molecule has 0 saturated heterocycles. The molecular formula is C13H17F3N4S. The number of rotatable bonds is 5. The third kappa shape index (κ3) is 3.44. The topological polar surface area (TPSA) is 42.7 Å². The molecule has 0 aliphatic rings. The van der Waals surface area contributed by atoms with Crippen LogP contribution in [-0.2, 0) is 13.2 Å². The molecule has 0 bridgehead atoms.